The molecule has 0 amide bonds. The van der Waals surface area contributed by atoms with Crippen LogP contribution in [-0.2, 0) is 4.74 Å². The van der Waals surface area contributed by atoms with Crippen LogP contribution in [0, 0.1) is 0 Å². The minimum Gasteiger partial charge on any atom is -0.504 e. The third kappa shape index (κ3) is 4.22. The van der Waals surface area contributed by atoms with Gasteiger partial charge in [-0.05, 0) is 24.3 Å². The van der Waals surface area contributed by atoms with E-state index in [1.54, 1.807) is 24.3 Å². The fourth-order valence-corrected chi connectivity index (χ4v) is 3.81. The van der Waals surface area contributed by atoms with Crippen molar-refractivity contribution < 1.29 is 54.0 Å². The van der Waals surface area contributed by atoms with Crippen LogP contribution in [0.25, 0.3) is 22.3 Å². The standard InChI is InChI=1S/C23H24O12/c1-31-10-5-3-9(4-6-10)20-22(35-23-19(30)18(29)15(26)13(8-24)34-23)17(28)14-12(33-20)7-11(25)21(32-2)16(14)27/h3-7,13,15,18-19,23-27,29-30H,8H2,1-2H3/t13-,15+,18+,19-,23+/m1/s1. The maximum Gasteiger partial charge on any atom is 0.239 e. The Morgan fingerprint density at radius 3 is 2.23 bits per heavy atom. The van der Waals surface area contributed by atoms with Gasteiger partial charge in [-0.25, -0.2) is 0 Å². The number of ether oxygens (including phenoxy) is 4. The van der Waals surface area contributed by atoms with Gasteiger partial charge in [0.05, 0.1) is 20.8 Å². The summed E-state index contributed by atoms with van der Waals surface area (Å²) < 4.78 is 26.9. The maximum atomic E-state index is 13.5. The van der Waals surface area contributed by atoms with Crippen molar-refractivity contribution in [2.24, 2.45) is 0 Å². The normalized spacial score (nSPS) is 24.3. The first kappa shape index (κ1) is 24.6. The first-order valence-electron chi connectivity index (χ1n) is 10.4. The van der Waals surface area contributed by atoms with Gasteiger partial charge < -0.3 is 54.0 Å². The molecule has 188 valence electrons. The summed E-state index contributed by atoms with van der Waals surface area (Å²) in [7, 11) is 2.65. The topological polar surface area (TPSA) is 189 Å². The van der Waals surface area contributed by atoms with Gasteiger partial charge in [0.25, 0.3) is 0 Å². The highest BCUT2D eigenvalue weighted by Crippen LogP contribution is 2.43. The van der Waals surface area contributed by atoms with Crippen LogP contribution >= 0.6 is 0 Å². The number of methoxy groups -OCH3 is 2. The van der Waals surface area contributed by atoms with E-state index in [1.807, 2.05) is 0 Å². The van der Waals surface area contributed by atoms with Crippen LogP contribution in [0.4, 0.5) is 0 Å². The van der Waals surface area contributed by atoms with Gasteiger partial charge in [-0.1, -0.05) is 0 Å². The minimum absolute atomic E-state index is 0.161. The number of aliphatic hydroxyl groups excluding tert-OH is 4. The molecule has 0 saturated carbocycles. The van der Waals surface area contributed by atoms with Gasteiger partial charge in [-0.2, -0.15) is 0 Å². The summed E-state index contributed by atoms with van der Waals surface area (Å²) in [4.78, 5) is 13.5. The van der Waals surface area contributed by atoms with Crippen LogP contribution in [0.15, 0.2) is 39.5 Å². The summed E-state index contributed by atoms with van der Waals surface area (Å²) in [5.41, 5.74) is -0.790. The number of phenolic OH excluding ortho intramolecular Hbond substituents is 2. The number of hydrogen-bond acceptors (Lipinski definition) is 12. The molecule has 1 aliphatic heterocycles. The van der Waals surface area contributed by atoms with E-state index in [-0.39, 0.29) is 17.1 Å². The third-order valence-corrected chi connectivity index (χ3v) is 5.69. The Hall–Kier alpha value is -3.55. The lowest BCUT2D eigenvalue weighted by Crippen LogP contribution is -2.60. The van der Waals surface area contributed by atoms with Crippen LogP contribution in [0.2, 0.25) is 0 Å². The van der Waals surface area contributed by atoms with E-state index >= 15 is 0 Å². The SMILES string of the molecule is COc1ccc(-c2oc3cc(O)c(OC)c(O)c3c(=O)c2O[C@@H]2O[C@H](CO)[C@H](O)[C@H](O)[C@H]2O)cc1. The van der Waals surface area contributed by atoms with E-state index in [0.717, 1.165) is 6.07 Å². The second-order valence-electron chi connectivity index (χ2n) is 7.78. The average molecular weight is 492 g/mol. The molecule has 0 bridgehead atoms. The minimum atomic E-state index is -1.81. The number of aliphatic hydroxyl groups is 4. The predicted octanol–water partition coefficient (Wildman–Crippen LogP) is 0.0671. The van der Waals surface area contributed by atoms with Gasteiger partial charge in [0.2, 0.25) is 23.2 Å². The number of rotatable bonds is 6. The van der Waals surface area contributed by atoms with Crippen LogP contribution in [0.1, 0.15) is 0 Å². The summed E-state index contributed by atoms with van der Waals surface area (Å²) in [6.45, 7) is -0.709. The molecule has 0 radical (unpaired) electrons. The summed E-state index contributed by atoms with van der Waals surface area (Å²) in [6, 6.07) is 7.35. The molecule has 1 fully saturated rings. The number of benzene rings is 2. The molecule has 1 aliphatic rings. The molecule has 0 aliphatic carbocycles. The summed E-state index contributed by atoms with van der Waals surface area (Å²) in [5, 5.41) is 60.3. The van der Waals surface area contributed by atoms with Crippen molar-refractivity contribution in [2.45, 2.75) is 30.7 Å². The zero-order valence-electron chi connectivity index (χ0n) is 18.6. The number of fused-ring (bicyclic) bond motifs is 1. The Labute approximate surface area is 197 Å². The number of phenols is 2. The second-order valence-corrected chi connectivity index (χ2v) is 7.78. The van der Waals surface area contributed by atoms with E-state index in [9.17, 15) is 35.4 Å². The largest absolute Gasteiger partial charge is 0.504 e. The van der Waals surface area contributed by atoms with Crippen molar-refractivity contribution in [3.63, 3.8) is 0 Å². The predicted molar refractivity (Wildman–Crippen MR) is 119 cm³/mol. The molecule has 12 heteroatoms. The molecule has 2 aromatic carbocycles. The molecule has 1 saturated heterocycles. The number of hydrogen-bond donors (Lipinski definition) is 6. The number of aromatic hydroxyl groups is 2. The van der Waals surface area contributed by atoms with Crippen molar-refractivity contribution in [1.29, 1.82) is 0 Å². The molecule has 2 heterocycles. The fourth-order valence-electron chi connectivity index (χ4n) is 3.81. The highest BCUT2D eigenvalue weighted by molar-refractivity contribution is 5.91. The van der Waals surface area contributed by atoms with E-state index < -0.39 is 65.4 Å². The first-order valence-corrected chi connectivity index (χ1v) is 10.4. The molecule has 1 aromatic heterocycles. The Kier molecular flexibility index (Phi) is 6.74. The smallest absolute Gasteiger partial charge is 0.239 e. The molecule has 0 spiro atoms. The van der Waals surface area contributed by atoms with E-state index in [2.05, 4.69) is 0 Å². The summed E-state index contributed by atoms with van der Waals surface area (Å²) >= 11 is 0. The highest BCUT2D eigenvalue weighted by atomic mass is 16.7. The van der Waals surface area contributed by atoms with E-state index in [4.69, 9.17) is 23.4 Å². The molecular weight excluding hydrogens is 468 g/mol. The molecule has 3 aromatic rings. The Morgan fingerprint density at radius 1 is 0.943 bits per heavy atom. The Morgan fingerprint density at radius 2 is 1.63 bits per heavy atom. The Bertz CT molecular complexity index is 1270. The highest BCUT2D eigenvalue weighted by Gasteiger charge is 2.45. The van der Waals surface area contributed by atoms with Crippen molar-refractivity contribution in [3.05, 3.63) is 40.6 Å². The summed E-state index contributed by atoms with van der Waals surface area (Å²) in [5.74, 6) is -1.74. The van der Waals surface area contributed by atoms with Crippen LogP contribution < -0.4 is 19.6 Å². The van der Waals surface area contributed by atoms with E-state index in [1.165, 1.54) is 14.2 Å². The first-order chi connectivity index (χ1) is 16.7. The van der Waals surface area contributed by atoms with Gasteiger partial charge in [-0.3, -0.25) is 4.79 Å². The van der Waals surface area contributed by atoms with Gasteiger partial charge in [0.1, 0.15) is 41.1 Å². The van der Waals surface area contributed by atoms with Crippen LogP contribution in [0.3, 0.4) is 0 Å². The maximum absolute atomic E-state index is 13.5. The van der Waals surface area contributed by atoms with Crippen molar-refractivity contribution in [2.75, 3.05) is 20.8 Å². The quantitative estimate of drug-likeness (QED) is 0.272. The third-order valence-electron chi connectivity index (χ3n) is 5.69. The lowest BCUT2D eigenvalue weighted by atomic mass is 9.99. The molecule has 35 heavy (non-hydrogen) atoms. The molecule has 5 atom stereocenters. The van der Waals surface area contributed by atoms with Gasteiger partial charge >= 0.3 is 0 Å². The zero-order valence-corrected chi connectivity index (χ0v) is 18.6. The molecule has 6 N–H and O–H groups in total. The van der Waals surface area contributed by atoms with E-state index in [0.29, 0.717) is 11.3 Å². The van der Waals surface area contributed by atoms with Crippen molar-refractivity contribution >= 4 is 11.0 Å². The van der Waals surface area contributed by atoms with Crippen LogP contribution in [-0.4, -0.2) is 82.2 Å². The fraction of sp³-hybridized carbons (Fsp3) is 0.348. The van der Waals surface area contributed by atoms with Crippen LogP contribution in [0.5, 0.6) is 28.7 Å². The Balaban J connectivity index is 1.92. The average Bonchev–Trinajstić information content (AvgIpc) is 2.85. The van der Waals surface area contributed by atoms with Gasteiger partial charge in [-0.15, -0.1) is 0 Å². The van der Waals surface area contributed by atoms with Crippen molar-refractivity contribution in [3.8, 4) is 40.1 Å². The summed E-state index contributed by atoms with van der Waals surface area (Å²) in [6.07, 6.45) is -8.20. The molecule has 4 rings (SSSR count). The monoisotopic (exact) mass is 492 g/mol. The second kappa shape index (κ2) is 9.60. The van der Waals surface area contributed by atoms with Gasteiger partial charge in [0.15, 0.2) is 17.3 Å². The lowest BCUT2D eigenvalue weighted by Gasteiger charge is -2.39. The van der Waals surface area contributed by atoms with Gasteiger partial charge in [0, 0.05) is 11.6 Å². The van der Waals surface area contributed by atoms with Crippen molar-refractivity contribution in [1.82, 2.24) is 0 Å². The molecular formula is C23H24O12. The molecule has 12 nitrogen and oxygen atoms in total. The zero-order chi connectivity index (χ0) is 25.4. The molecule has 0 unspecified atom stereocenters. The lowest BCUT2D eigenvalue weighted by molar-refractivity contribution is -0.277.